The molecule has 0 spiro atoms. The van der Waals surface area contributed by atoms with Crippen LogP contribution in [0.1, 0.15) is 37.3 Å². The van der Waals surface area contributed by atoms with Crippen LogP contribution < -0.4 is 10.6 Å². The molecule has 0 bridgehead atoms. The molecule has 152 valence electrons. The fourth-order valence-corrected chi connectivity index (χ4v) is 3.06. The van der Waals surface area contributed by atoms with Gasteiger partial charge in [-0.3, -0.25) is 9.59 Å². The number of benzene rings is 1. The summed E-state index contributed by atoms with van der Waals surface area (Å²) in [6, 6.07) is 5.00. The van der Waals surface area contributed by atoms with Crippen molar-refractivity contribution in [2.45, 2.75) is 33.1 Å². The highest BCUT2D eigenvalue weighted by molar-refractivity contribution is 6.10. The number of rotatable bonds is 9. The molecule has 0 fully saturated rings. The Morgan fingerprint density at radius 1 is 1.32 bits per heavy atom. The molecule has 1 aliphatic rings. The van der Waals surface area contributed by atoms with E-state index in [0.29, 0.717) is 24.2 Å². The maximum atomic E-state index is 14.4. The molecule has 2 rings (SSSR count). The van der Waals surface area contributed by atoms with Crippen LogP contribution in [0, 0.1) is 12.7 Å². The Balaban J connectivity index is 2.24. The Bertz CT molecular complexity index is 802. The van der Waals surface area contributed by atoms with E-state index in [4.69, 9.17) is 0 Å². The topological polar surface area (TPSA) is 73.8 Å². The average Bonchev–Trinajstić information content (AvgIpc) is 3.07. The van der Waals surface area contributed by atoms with Gasteiger partial charge in [0.2, 0.25) is 5.91 Å². The first-order chi connectivity index (χ1) is 13.3. The zero-order chi connectivity index (χ0) is 20.7. The number of aliphatic imine (C=N–C) groups is 1. The summed E-state index contributed by atoms with van der Waals surface area (Å²) in [4.78, 5) is 30.6. The largest absolute Gasteiger partial charge is 0.358 e. The van der Waals surface area contributed by atoms with E-state index in [-0.39, 0.29) is 24.0 Å². The Morgan fingerprint density at radius 2 is 2.07 bits per heavy atom. The summed E-state index contributed by atoms with van der Waals surface area (Å²) in [6.45, 7) is 5.31. The highest BCUT2D eigenvalue weighted by atomic mass is 19.1. The van der Waals surface area contributed by atoms with Crippen LogP contribution >= 0.6 is 0 Å². The van der Waals surface area contributed by atoms with Gasteiger partial charge in [0.25, 0.3) is 5.91 Å². The van der Waals surface area contributed by atoms with E-state index in [0.717, 1.165) is 30.5 Å². The first-order valence-electron chi connectivity index (χ1n) is 9.59. The molecule has 6 nitrogen and oxygen atoms in total. The summed E-state index contributed by atoms with van der Waals surface area (Å²) < 4.78 is 14.4. The second kappa shape index (κ2) is 10.1. The number of hydrogen-bond donors (Lipinski definition) is 2. The molecular weight excluding hydrogens is 359 g/mol. The predicted octanol–water partition coefficient (Wildman–Crippen LogP) is 2.18. The summed E-state index contributed by atoms with van der Waals surface area (Å²) in [5, 5.41) is 5.05. The molecular formula is C21H29FN4O2. The van der Waals surface area contributed by atoms with E-state index in [1.54, 1.807) is 6.07 Å². The molecule has 28 heavy (non-hydrogen) atoms. The number of likely N-dealkylation sites (N-methyl/N-ethyl adjacent to an activating group) is 2. The van der Waals surface area contributed by atoms with Gasteiger partial charge in [0.15, 0.2) is 0 Å². The van der Waals surface area contributed by atoms with Gasteiger partial charge in [0.1, 0.15) is 11.5 Å². The van der Waals surface area contributed by atoms with Crippen LogP contribution in [0.15, 0.2) is 34.5 Å². The van der Waals surface area contributed by atoms with Gasteiger partial charge >= 0.3 is 0 Å². The number of nitrogens with one attached hydrogen (secondary N) is 2. The van der Waals surface area contributed by atoms with E-state index in [2.05, 4.69) is 27.4 Å². The van der Waals surface area contributed by atoms with Crippen molar-refractivity contribution in [2.75, 3.05) is 33.7 Å². The summed E-state index contributed by atoms with van der Waals surface area (Å²) in [5.41, 5.74) is 2.90. The van der Waals surface area contributed by atoms with Crippen molar-refractivity contribution in [3.63, 3.8) is 0 Å². The van der Waals surface area contributed by atoms with Gasteiger partial charge in [-0.05, 0) is 50.2 Å². The van der Waals surface area contributed by atoms with E-state index in [1.165, 1.54) is 13.1 Å². The van der Waals surface area contributed by atoms with Gasteiger partial charge in [-0.25, -0.2) is 9.38 Å². The smallest absolute Gasteiger partial charge is 0.270 e. The number of amides is 2. The Morgan fingerprint density at radius 3 is 2.71 bits per heavy atom. The van der Waals surface area contributed by atoms with Crippen molar-refractivity contribution in [1.29, 1.82) is 0 Å². The third-order valence-corrected chi connectivity index (χ3v) is 4.66. The number of unbranched alkanes of at least 4 members (excludes halogenated alkanes) is 1. The molecule has 0 aromatic heterocycles. The lowest BCUT2D eigenvalue weighted by molar-refractivity contribution is -0.124. The van der Waals surface area contributed by atoms with Gasteiger partial charge in [-0.2, -0.15) is 0 Å². The number of halogens is 1. The van der Waals surface area contributed by atoms with Gasteiger partial charge in [-0.1, -0.05) is 19.4 Å². The first kappa shape index (κ1) is 21.8. The highest BCUT2D eigenvalue weighted by Gasteiger charge is 2.26. The predicted molar refractivity (Wildman–Crippen MR) is 109 cm³/mol. The van der Waals surface area contributed by atoms with Crippen LogP contribution in [0.4, 0.5) is 4.39 Å². The van der Waals surface area contributed by atoms with Crippen LogP contribution in [-0.2, 0) is 9.59 Å². The maximum absolute atomic E-state index is 14.4. The molecule has 0 atom stereocenters. The fourth-order valence-electron chi connectivity index (χ4n) is 3.06. The molecule has 7 heteroatoms. The number of carbonyl (C=O) groups is 2. The lowest BCUT2D eigenvalue weighted by Crippen LogP contribution is -2.36. The minimum absolute atomic E-state index is 0.123. The summed E-state index contributed by atoms with van der Waals surface area (Å²) in [7, 11) is 3.50. The molecule has 0 saturated heterocycles. The molecule has 0 saturated carbocycles. The molecule has 0 unspecified atom stereocenters. The number of carbonyl (C=O) groups excluding carboxylic acids is 2. The molecule has 2 N–H and O–H groups in total. The standard InChI is InChI=1S/C21H29FN4O2/c1-5-6-9-26(4)13-15-11-18(16-8-7-14(2)10-17(16)22)25-20(15)21(28)24-12-19(27)23-3/h7-8,10H,5-6,9,11-13H2,1-4H3,(H,23,27)(H,24,28). The van der Waals surface area contributed by atoms with E-state index >= 15 is 0 Å². The SMILES string of the molecule is CCCCN(C)CC1=C(C(=O)NCC(=O)NC)N=C(c2ccc(C)cc2F)C1. The summed E-state index contributed by atoms with van der Waals surface area (Å²) >= 11 is 0. The number of hydrogen-bond acceptors (Lipinski definition) is 4. The molecule has 0 radical (unpaired) electrons. The van der Waals surface area contributed by atoms with E-state index in [9.17, 15) is 14.0 Å². The monoisotopic (exact) mass is 388 g/mol. The summed E-state index contributed by atoms with van der Waals surface area (Å²) in [6.07, 6.45) is 2.56. The number of aryl methyl sites for hydroxylation is 1. The van der Waals surface area contributed by atoms with Crippen molar-refractivity contribution >= 4 is 17.5 Å². The molecule has 1 aromatic rings. The normalized spacial score (nSPS) is 13.7. The van der Waals surface area contributed by atoms with Gasteiger partial charge in [0.05, 0.1) is 12.3 Å². The lowest BCUT2D eigenvalue weighted by Gasteiger charge is -2.17. The van der Waals surface area contributed by atoms with Crippen molar-refractivity contribution in [3.8, 4) is 0 Å². The fraction of sp³-hybridized carbons (Fsp3) is 0.476. The Labute approximate surface area is 165 Å². The Hall–Kier alpha value is -2.54. The quantitative estimate of drug-likeness (QED) is 0.681. The maximum Gasteiger partial charge on any atom is 0.270 e. The van der Waals surface area contributed by atoms with Gasteiger partial charge in [-0.15, -0.1) is 0 Å². The van der Waals surface area contributed by atoms with E-state index in [1.807, 2.05) is 20.0 Å². The van der Waals surface area contributed by atoms with Crippen LogP contribution in [0.2, 0.25) is 0 Å². The third-order valence-electron chi connectivity index (χ3n) is 4.66. The van der Waals surface area contributed by atoms with Crippen LogP contribution in [0.3, 0.4) is 0 Å². The molecule has 1 aromatic carbocycles. The molecule has 2 amide bonds. The van der Waals surface area contributed by atoms with Crippen molar-refractivity contribution < 1.29 is 14.0 Å². The number of nitrogens with zero attached hydrogens (tertiary/aromatic N) is 2. The van der Waals surface area contributed by atoms with Crippen molar-refractivity contribution in [2.24, 2.45) is 4.99 Å². The van der Waals surface area contributed by atoms with Crippen LogP contribution in [0.5, 0.6) is 0 Å². The molecule has 0 aliphatic carbocycles. The second-order valence-corrected chi connectivity index (χ2v) is 7.12. The van der Waals surface area contributed by atoms with Gasteiger partial charge < -0.3 is 15.5 Å². The second-order valence-electron chi connectivity index (χ2n) is 7.12. The van der Waals surface area contributed by atoms with Crippen LogP contribution in [-0.4, -0.2) is 56.2 Å². The third kappa shape index (κ3) is 5.73. The van der Waals surface area contributed by atoms with Crippen LogP contribution in [0.25, 0.3) is 0 Å². The molecule has 1 aliphatic heterocycles. The average molecular weight is 388 g/mol. The zero-order valence-electron chi connectivity index (χ0n) is 17.1. The minimum Gasteiger partial charge on any atom is -0.358 e. The lowest BCUT2D eigenvalue weighted by atomic mass is 10.0. The van der Waals surface area contributed by atoms with Gasteiger partial charge in [0, 0.05) is 25.6 Å². The van der Waals surface area contributed by atoms with Crippen molar-refractivity contribution in [1.82, 2.24) is 15.5 Å². The Kier molecular flexibility index (Phi) is 7.87. The molecule has 1 heterocycles. The van der Waals surface area contributed by atoms with Crippen molar-refractivity contribution in [3.05, 3.63) is 46.4 Å². The minimum atomic E-state index is -0.412. The first-order valence-corrected chi connectivity index (χ1v) is 9.59. The zero-order valence-corrected chi connectivity index (χ0v) is 17.1. The summed E-state index contributed by atoms with van der Waals surface area (Å²) in [5.74, 6) is -1.04. The van der Waals surface area contributed by atoms with E-state index < -0.39 is 5.91 Å². The highest BCUT2D eigenvalue weighted by Crippen LogP contribution is 2.26.